The van der Waals surface area contributed by atoms with Gasteiger partial charge in [0.05, 0.1) is 0 Å². The van der Waals surface area contributed by atoms with Crippen LogP contribution in [0, 0.1) is 5.92 Å². The van der Waals surface area contributed by atoms with Crippen molar-refractivity contribution in [3.05, 3.63) is 34.3 Å². The SMILES string of the molecule is CN(Cc1ccc(C(N)=S)cc1Cl)CC1CCC1. The van der Waals surface area contributed by atoms with E-state index < -0.39 is 0 Å². The van der Waals surface area contributed by atoms with E-state index in [1.165, 1.54) is 19.3 Å². The fraction of sp³-hybridized carbons (Fsp3) is 0.500. The van der Waals surface area contributed by atoms with Gasteiger partial charge < -0.3 is 10.6 Å². The van der Waals surface area contributed by atoms with Crippen LogP contribution < -0.4 is 5.73 Å². The van der Waals surface area contributed by atoms with Crippen LogP contribution in [0.15, 0.2) is 18.2 Å². The second-order valence-corrected chi connectivity index (χ2v) is 6.01. The van der Waals surface area contributed by atoms with Crippen molar-refractivity contribution in [1.82, 2.24) is 4.90 Å². The summed E-state index contributed by atoms with van der Waals surface area (Å²) in [6, 6.07) is 5.82. The molecule has 2 rings (SSSR count). The third kappa shape index (κ3) is 3.44. The number of benzene rings is 1. The summed E-state index contributed by atoms with van der Waals surface area (Å²) in [4.78, 5) is 2.73. The van der Waals surface area contributed by atoms with Crippen molar-refractivity contribution in [2.24, 2.45) is 11.7 Å². The summed E-state index contributed by atoms with van der Waals surface area (Å²) in [5, 5.41) is 0.751. The number of nitrogens with two attached hydrogens (primary N) is 1. The fourth-order valence-electron chi connectivity index (χ4n) is 2.30. The lowest BCUT2D eigenvalue weighted by atomic mass is 9.85. The molecule has 0 heterocycles. The fourth-order valence-corrected chi connectivity index (χ4v) is 2.67. The Bertz CT molecular complexity index is 443. The molecule has 0 saturated heterocycles. The molecule has 0 unspecified atom stereocenters. The predicted octanol–water partition coefficient (Wildman–Crippen LogP) is 3.21. The van der Waals surface area contributed by atoms with Gasteiger partial charge in [0, 0.05) is 23.7 Å². The number of thiocarbonyl (C=S) groups is 1. The van der Waals surface area contributed by atoms with Crippen molar-refractivity contribution in [1.29, 1.82) is 0 Å². The Labute approximate surface area is 119 Å². The zero-order valence-corrected chi connectivity index (χ0v) is 12.2. The molecule has 0 spiro atoms. The first-order chi connectivity index (χ1) is 8.56. The first kappa shape index (κ1) is 13.8. The van der Waals surface area contributed by atoms with E-state index in [0.717, 1.165) is 35.2 Å². The molecule has 0 bridgehead atoms. The summed E-state index contributed by atoms with van der Waals surface area (Å²) in [6.45, 7) is 2.04. The number of rotatable bonds is 5. The molecule has 1 aliphatic carbocycles. The third-order valence-electron chi connectivity index (χ3n) is 3.57. The quantitative estimate of drug-likeness (QED) is 0.841. The molecule has 1 aromatic rings. The Morgan fingerprint density at radius 3 is 2.72 bits per heavy atom. The standard InChI is InChI=1S/C14H19ClN2S/c1-17(8-10-3-2-4-10)9-12-6-5-11(14(16)18)7-13(12)15/h5-7,10H,2-4,8-9H2,1H3,(H2,16,18). The topological polar surface area (TPSA) is 29.3 Å². The highest BCUT2D eigenvalue weighted by Gasteiger charge is 2.19. The summed E-state index contributed by atoms with van der Waals surface area (Å²) in [5.74, 6) is 0.879. The van der Waals surface area contributed by atoms with E-state index in [1.807, 2.05) is 18.2 Å². The minimum Gasteiger partial charge on any atom is -0.389 e. The van der Waals surface area contributed by atoms with Gasteiger partial charge in [0.2, 0.25) is 0 Å². The van der Waals surface area contributed by atoms with Gasteiger partial charge in [-0.05, 0) is 37.4 Å². The second-order valence-electron chi connectivity index (χ2n) is 5.16. The van der Waals surface area contributed by atoms with Crippen molar-refractivity contribution in [2.75, 3.05) is 13.6 Å². The summed E-state index contributed by atoms with van der Waals surface area (Å²) >= 11 is 11.2. The summed E-state index contributed by atoms with van der Waals surface area (Å²) in [5.41, 5.74) is 7.56. The van der Waals surface area contributed by atoms with Crippen LogP contribution in [-0.4, -0.2) is 23.5 Å². The molecule has 1 aromatic carbocycles. The molecule has 2 nitrogen and oxygen atoms in total. The van der Waals surface area contributed by atoms with Gasteiger partial charge in [-0.2, -0.15) is 0 Å². The molecule has 0 aliphatic heterocycles. The average Bonchev–Trinajstić information content (AvgIpc) is 2.26. The molecule has 1 saturated carbocycles. The van der Waals surface area contributed by atoms with Crippen molar-refractivity contribution in [3.8, 4) is 0 Å². The van der Waals surface area contributed by atoms with Crippen molar-refractivity contribution < 1.29 is 0 Å². The highest BCUT2D eigenvalue weighted by molar-refractivity contribution is 7.80. The van der Waals surface area contributed by atoms with Crippen LogP contribution in [0.3, 0.4) is 0 Å². The van der Waals surface area contributed by atoms with Crippen LogP contribution in [0.5, 0.6) is 0 Å². The number of nitrogens with zero attached hydrogens (tertiary/aromatic N) is 1. The van der Waals surface area contributed by atoms with E-state index in [2.05, 4.69) is 11.9 Å². The molecule has 0 amide bonds. The van der Waals surface area contributed by atoms with Gasteiger partial charge in [0.25, 0.3) is 0 Å². The van der Waals surface area contributed by atoms with Crippen molar-refractivity contribution >= 4 is 28.8 Å². The molecular weight excluding hydrogens is 264 g/mol. The number of hydrogen-bond acceptors (Lipinski definition) is 2. The highest BCUT2D eigenvalue weighted by atomic mass is 35.5. The summed E-state index contributed by atoms with van der Waals surface area (Å²) in [6.07, 6.45) is 4.14. The van der Waals surface area contributed by atoms with Gasteiger partial charge in [-0.25, -0.2) is 0 Å². The Kier molecular flexibility index (Phi) is 4.60. The molecule has 98 valence electrons. The normalized spacial score (nSPS) is 15.7. The molecule has 2 N–H and O–H groups in total. The van der Waals surface area contributed by atoms with Crippen LogP contribution in [0.1, 0.15) is 30.4 Å². The number of halogens is 1. The maximum Gasteiger partial charge on any atom is 0.104 e. The van der Waals surface area contributed by atoms with E-state index >= 15 is 0 Å². The summed E-state index contributed by atoms with van der Waals surface area (Å²) < 4.78 is 0. The van der Waals surface area contributed by atoms with Crippen LogP contribution >= 0.6 is 23.8 Å². The minimum atomic E-state index is 0.395. The molecule has 0 radical (unpaired) electrons. The number of hydrogen-bond donors (Lipinski definition) is 1. The van der Waals surface area contributed by atoms with E-state index in [9.17, 15) is 0 Å². The van der Waals surface area contributed by atoms with Crippen molar-refractivity contribution in [3.63, 3.8) is 0 Å². The first-order valence-electron chi connectivity index (χ1n) is 6.33. The Morgan fingerprint density at radius 2 is 2.22 bits per heavy atom. The molecule has 0 aromatic heterocycles. The lowest BCUT2D eigenvalue weighted by molar-refractivity contribution is 0.200. The van der Waals surface area contributed by atoms with Crippen LogP contribution in [-0.2, 0) is 6.54 Å². The molecule has 18 heavy (non-hydrogen) atoms. The van der Waals surface area contributed by atoms with Gasteiger partial charge in [-0.3, -0.25) is 0 Å². The molecule has 1 fully saturated rings. The lowest BCUT2D eigenvalue weighted by Gasteiger charge is -2.30. The minimum absolute atomic E-state index is 0.395. The van der Waals surface area contributed by atoms with Crippen LogP contribution in [0.4, 0.5) is 0 Å². The maximum atomic E-state index is 6.26. The third-order valence-corrected chi connectivity index (χ3v) is 4.16. The van der Waals surface area contributed by atoms with Crippen LogP contribution in [0.2, 0.25) is 5.02 Å². The van der Waals surface area contributed by atoms with Crippen molar-refractivity contribution in [2.45, 2.75) is 25.8 Å². The van der Waals surface area contributed by atoms with Gasteiger partial charge in [-0.15, -0.1) is 0 Å². The average molecular weight is 283 g/mol. The first-order valence-corrected chi connectivity index (χ1v) is 7.11. The zero-order valence-electron chi connectivity index (χ0n) is 10.7. The van der Waals surface area contributed by atoms with E-state index in [4.69, 9.17) is 29.6 Å². The van der Waals surface area contributed by atoms with Crippen LogP contribution in [0.25, 0.3) is 0 Å². The molecule has 4 heteroatoms. The van der Waals surface area contributed by atoms with E-state index in [0.29, 0.717) is 4.99 Å². The lowest BCUT2D eigenvalue weighted by Crippen LogP contribution is -2.29. The van der Waals surface area contributed by atoms with Gasteiger partial charge in [0.15, 0.2) is 0 Å². The second kappa shape index (κ2) is 6.00. The molecule has 0 atom stereocenters. The van der Waals surface area contributed by atoms with Gasteiger partial charge >= 0.3 is 0 Å². The largest absolute Gasteiger partial charge is 0.389 e. The Morgan fingerprint density at radius 1 is 1.50 bits per heavy atom. The van der Waals surface area contributed by atoms with Gasteiger partial charge in [-0.1, -0.05) is 42.4 Å². The zero-order chi connectivity index (χ0) is 13.1. The molecule has 1 aliphatic rings. The monoisotopic (exact) mass is 282 g/mol. The summed E-state index contributed by atoms with van der Waals surface area (Å²) in [7, 11) is 2.15. The molecular formula is C14H19ClN2S. The Balaban J connectivity index is 1.97. The maximum absolute atomic E-state index is 6.26. The Hall–Kier alpha value is -0.640. The predicted molar refractivity (Wildman–Crippen MR) is 81.0 cm³/mol. The van der Waals surface area contributed by atoms with Gasteiger partial charge in [0.1, 0.15) is 4.99 Å². The highest BCUT2D eigenvalue weighted by Crippen LogP contribution is 2.27. The van der Waals surface area contributed by atoms with E-state index in [-0.39, 0.29) is 0 Å². The van der Waals surface area contributed by atoms with E-state index in [1.54, 1.807) is 0 Å². The smallest absolute Gasteiger partial charge is 0.104 e.